The van der Waals surface area contributed by atoms with Crippen molar-refractivity contribution in [1.82, 2.24) is 0 Å². The SMILES string of the molecule is CCc1ccccc1-c1cccc(-c2cccc(N(c3ccc(C(C)(C)C)cc3)c3cc(C4CCCCC4)c4ccc5c(N(c6ccc(C(C)(C)C)cc6)c6cccc7c6oc6c(-c8ccccc8CC)cccc67)cc(C6CCCCC6)c6ccc3c4c65)c2O)c1. The molecule has 0 bridgehead atoms. The van der Waals surface area contributed by atoms with Gasteiger partial charge in [-0.25, -0.2) is 0 Å². The molecule has 0 unspecified atom stereocenters. The van der Waals surface area contributed by atoms with Crippen molar-refractivity contribution in [2.75, 3.05) is 9.80 Å². The van der Waals surface area contributed by atoms with E-state index in [-0.39, 0.29) is 16.6 Å². The Morgan fingerprint density at radius 1 is 0.370 bits per heavy atom. The van der Waals surface area contributed by atoms with Crippen LogP contribution in [0.3, 0.4) is 0 Å². The molecule has 1 aromatic heterocycles. The van der Waals surface area contributed by atoms with Gasteiger partial charge < -0.3 is 19.3 Å². The lowest BCUT2D eigenvalue weighted by Crippen LogP contribution is -2.16. The normalized spacial score (nSPS) is 14.6. The fourth-order valence-corrected chi connectivity index (χ4v) is 16.1. The second-order valence-electron chi connectivity index (χ2n) is 28.7. The number of phenols is 1. The monoisotopic (exact) mass is 1200 g/mol. The van der Waals surface area contributed by atoms with Crippen LogP contribution in [0.5, 0.6) is 5.75 Å². The van der Waals surface area contributed by atoms with Gasteiger partial charge in [-0.2, -0.15) is 0 Å². The van der Waals surface area contributed by atoms with Gasteiger partial charge >= 0.3 is 0 Å². The van der Waals surface area contributed by atoms with Gasteiger partial charge in [0.05, 0.1) is 22.7 Å². The molecule has 0 spiro atoms. The van der Waals surface area contributed by atoms with Crippen molar-refractivity contribution in [2.24, 2.45) is 0 Å². The molecular weight excluding hydrogens is 1120 g/mol. The second-order valence-corrected chi connectivity index (χ2v) is 28.7. The molecule has 2 fully saturated rings. The Balaban J connectivity index is 1.02. The van der Waals surface area contributed by atoms with Gasteiger partial charge in [-0.1, -0.05) is 252 Å². The number of aromatic hydroxyl groups is 1. The number of rotatable bonds is 13. The van der Waals surface area contributed by atoms with Gasteiger partial charge in [0.1, 0.15) is 11.3 Å². The average Bonchev–Trinajstić information content (AvgIpc) is 0.738. The lowest BCUT2D eigenvalue weighted by molar-refractivity contribution is 0.445. The molecule has 460 valence electrons. The van der Waals surface area contributed by atoms with Crippen molar-refractivity contribution >= 4 is 88.4 Å². The summed E-state index contributed by atoms with van der Waals surface area (Å²) < 4.78 is 7.49. The number of phenolic OH excluding ortho intramolecular Hbond substituents is 1. The Kier molecular flexibility index (Phi) is 15.3. The Hall–Kier alpha value is -9.12. The van der Waals surface area contributed by atoms with E-state index in [4.69, 9.17) is 4.42 Å². The molecular formula is C88H86N2O2. The van der Waals surface area contributed by atoms with Crippen LogP contribution in [0.4, 0.5) is 34.1 Å². The van der Waals surface area contributed by atoms with Gasteiger partial charge in [-0.05, 0) is 193 Å². The third kappa shape index (κ3) is 10.4. The quantitative estimate of drug-likeness (QED) is 0.117. The van der Waals surface area contributed by atoms with Crippen molar-refractivity contribution in [2.45, 2.75) is 155 Å². The van der Waals surface area contributed by atoms with Crippen molar-refractivity contribution in [3.05, 3.63) is 246 Å². The first-order chi connectivity index (χ1) is 44.7. The lowest BCUT2D eigenvalue weighted by Gasteiger charge is -2.34. The van der Waals surface area contributed by atoms with Gasteiger partial charge in [-0.15, -0.1) is 0 Å². The standard InChI is InChI=1S/C88H86N2O2/c1-9-56-25-17-19-33-66(56)60-31-21-32-61(53-60)68-35-23-39-78(84(68)91)89(64-45-41-62(42-46-64)87(3,4)5)80-54-76(58-27-13-11-14-28-58)69-50-52-75-81(55-77(59-29-15-12-16-30-59)70-49-51-74(80)82(69)83(70)75)90(65-47-43-63(44-48-65)88(6,7)8)79-40-24-38-73-72-37-22-36-71(85(72)92-86(73)79)67-34-20-18-26-57(67)10-2/h17-26,31-55,58-59,91H,9-16,27-30H2,1-8H3. The molecule has 2 saturated carbocycles. The highest BCUT2D eigenvalue weighted by Crippen LogP contribution is 2.56. The zero-order valence-corrected chi connectivity index (χ0v) is 55.1. The number of nitrogens with zero attached hydrogens (tertiary/aromatic N) is 2. The molecule has 0 amide bonds. The number of para-hydroxylation sites is 3. The van der Waals surface area contributed by atoms with Crippen LogP contribution in [0.1, 0.15) is 165 Å². The van der Waals surface area contributed by atoms with Crippen molar-refractivity contribution in [3.63, 3.8) is 0 Å². The number of aryl methyl sites for hydroxylation is 2. The smallest absolute Gasteiger partial charge is 0.159 e. The third-order valence-electron chi connectivity index (χ3n) is 21.0. The summed E-state index contributed by atoms with van der Waals surface area (Å²) in [5.74, 6) is 1.03. The van der Waals surface area contributed by atoms with Crippen LogP contribution in [0.2, 0.25) is 0 Å². The van der Waals surface area contributed by atoms with Crippen LogP contribution in [0.15, 0.2) is 217 Å². The van der Waals surface area contributed by atoms with Crippen LogP contribution in [0.25, 0.3) is 87.6 Å². The summed E-state index contributed by atoms with van der Waals surface area (Å²) in [6, 6.07) is 79.8. The zero-order valence-electron chi connectivity index (χ0n) is 55.1. The minimum Gasteiger partial charge on any atom is -0.505 e. The molecule has 0 atom stereocenters. The topological polar surface area (TPSA) is 39.9 Å². The predicted molar refractivity (Wildman–Crippen MR) is 393 cm³/mol. The van der Waals surface area contributed by atoms with E-state index in [0.29, 0.717) is 11.8 Å². The van der Waals surface area contributed by atoms with Gasteiger partial charge in [0, 0.05) is 44.0 Å². The van der Waals surface area contributed by atoms with Gasteiger partial charge in [0.25, 0.3) is 0 Å². The highest BCUT2D eigenvalue weighted by atomic mass is 16.3. The molecule has 2 aliphatic carbocycles. The van der Waals surface area contributed by atoms with Crippen LogP contribution in [0, 0.1) is 0 Å². The Morgan fingerprint density at radius 2 is 0.793 bits per heavy atom. The maximum Gasteiger partial charge on any atom is 0.159 e. The first kappa shape index (κ1) is 59.2. The van der Waals surface area contributed by atoms with Gasteiger partial charge in [-0.3, -0.25) is 0 Å². The Morgan fingerprint density at radius 3 is 1.34 bits per heavy atom. The van der Waals surface area contributed by atoms with Crippen LogP contribution >= 0.6 is 0 Å². The molecule has 4 heteroatoms. The van der Waals surface area contributed by atoms with Gasteiger partial charge in [0.15, 0.2) is 5.58 Å². The van der Waals surface area contributed by atoms with E-state index in [0.717, 1.165) is 117 Å². The highest BCUT2D eigenvalue weighted by Gasteiger charge is 2.32. The fourth-order valence-electron chi connectivity index (χ4n) is 16.1. The largest absolute Gasteiger partial charge is 0.505 e. The number of hydrogen-bond acceptors (Lipinski definition) is 4. The zero-order chi connectivity index (χ0) is 63.0. The van der Waals surface area contributed by atoms with Crippen LogP contribution in [-0.4, -0.2) is 5.11 Å². The summed E-state index contributed by atoms with van der Waals surface area (Å²) >= 11 is 0. The number of benzene rings is 12. The van der Waals surface area contributed by atoms with Crippen molar-refractivity contribution in [3.8, 4) is 39.1 Å². The first-order valence-electron chi connectivity index (χ1n) is 34.4. The van der Waals surface area contributed by atoms with Gasteiger partial charge in [0.2, 0.25) is 0 Å². The van der Waals surface area contributed by atoms with E-state index in [1.165, 1.54) is 115 Å². The molecule has 0 radical (unpaired) electrons. The lowest BCUT2D eigenvalue weighted by atomic mass is 9.77. The molecule has 0 aliphatic heterocycles. The molecule has 13 aromatic rings. The maximum absolute atomic E-state index is 13.4. The molecule has 2 aliphatic rings. The average molecular weight is 1200 g/mol. The maximum atomic E-state index is 13.4. The molecule has 15 rings (SSSR count). The number of fused-ring (bicyclic) bond motifs is 3. The number of anilines is 6. The Labute approximate surface area is 544 Å². The molecule has 1 N–H and O–H groups in total. The number of furan rings is 1. The summed E-state index contributed by atoms with van der Waals surface area (Å²) in [5.41, 5.74) is 22.3. The van der Waals surface area contributed by atoms with E-state index in [2.05, 4.69) is 278 Å². The molecule has 0 saturated heterocycles. The summed E-state index contributed by atoms with van der Waals surface area (Å²) in [5, 5.41) is 23.3. The molecule has 92 heavy (non-hydrogen) atoms. The molecule has 1 heterocycles. The van der Waals surface area contributed by atoms with Crippen molar-refractivity contribution < 1.29 is 9.52 Å². The Bertz CT molecular complexity index is 4880. The third-order valence-corrected chi connectivity index (χ3v) is 21.0. The minimum atomic E-state index is -0.0516. The summed E-state index contributed by atoms with van der Waals surface area (Å²) in [7, 11) is 0. The minimum absolute atomic E-state index is 0.0327. The van der Waals surface area contributed by atoms with E-state index in [1.54, 1.807) is 0 Å². The highest BCUT2D eigenvalue weighted by molar-refractivity contribution is 6.30. The molecule has 4 nitrogen and oxygen atoms in total. The molecule has 12 aromatic carbocycles. The van der Waals surface area contributed by atoms with Crippen LogP contribution < -0.4 is 9.80 Å². The summed E-state index contributed by atoms with van der Waals surface area (Å²) in [6.07, 6.45) is 13.9. The first-order valence-corrected chi connectivity index (χ1v) is 34.4. The van der Waals surface area contributed by atoms with Crippen LogP contribution in [-0.2, 0) is 23.7 Å². The fraction of sp³-hybridized carbons (Fsp3) is 0.273. The van der Waals surface area contributed by atoms with E-state index in [1.807, 2.05) is 0 Å². The number of hydrogen-bond donors (Lipinski definition) is 1. The van der Waals surface area contributed by atoms with E-state index >= 15 is 0 Å². The van der Waals surface area contributed by atoms with E-state index < -0.39 is 0 Å². The predicted octanol–water partition coefficient (Wildman–Crippen LogP) is 25.9. The second kappa shape index (κ2) is 23.8. The van der Waals surface area contributed by atoms with E-state index in [9.17, 15) is 5.11 Å². The summed E-state index contributed by atoms with van der Waals surface area (Å²) in [4.78, 5) is 4.96. The summed E-state index contributed by atoms with van der Waals surface area (Å²) in [6.45, 7) is 18.3. The van der Waals surface area contributed by atoms with Crippen molar-refractivity contribution in [1.29, 1.82) is 0 Å².